The van der Waals surface area contributed by atoms with Gasteiger partial charge >= 0.3 is 0 Å². The van der Waals surface area contributed by atoms with E-state index in [1.807, 2.05) is 0 Å². The van der Waals surface area contributed by atoms with Gasteiger partial charge in [-0.1, -0.05) is 5.11 Å². The minimum atomic E-state index is -1.09. The molecule has 56 valence electrons. The zero-order chi connectivity index (χ0) is 7.56. The molecule has 1 heterocycles. The lowest BCUT2D eigenvalue weighted by Crippen LogP contribution is -2.28. The summed E-state index contributed by atoms with van der Waals surface area (Å²) in [5, 5.41) is 20.9. The van der Waals surface area contributed by atoms with Crippen molar-refractivity contribution in [2.75, 3.05) is 6.61 Å². The second-order valence-corrected chi connectivity index (χ2v) is 1.99. The molecule has 1 aliphatic rings. The number of rotatable bonds is 1. The van der Waals surface area contributed by atoms with Crippen LogP contribution in [-0.4, -0.2) is 35.3 Å². The Morgan fingerprint density at radius 3 is 2.70 bits per heavy atom. The summed E-state index contributed by atoms with van der Waals surface area (Å²) in [7, 11) is 0. The van der Waals surface area contributed by atoms with E-state index in [2.05, 4.69) is 10.0 Å². The molecule has 3 atom stereocenters. The van der Waals surface area contributed by atoms with E-state index in [0.717, 1.165) is 0 Å². The first-order valence-electron chi connectivity index (χ1n) is 2.77. The highest BCUT2D eigenvalue weighted by atomic mass is 16.5. The van der Waals surface area contributed by atoms with Gasteiger partial charge in [-0.05, 0) is 5.53 Å². The first-order valence-corrected chi connectivity index (χ1v) is 2.77. The lowest BCUT2D eigenvalue weighted by Gasteiger charge is -2.07. The predicted molar refractivity (Wildman–Crippen MR) is 30.9 cm³/mol. The summed E-state index contributed by atoms with van der Waals surface area (Å²) in [4.78, 5) is 2.43. The first kappa shape index (κ1) is 7.30. The lowest BCUT2D eigenvalue weighted by atomic mass is 10.2. The molecule has 6 heteroatoms. The Labute approximate surface area is 56.7 Å². The van der Waals surface area contributed by atoms with Gasteiger partial charge in [-0.25, -0.2) is 0 Å². The molecule has 0 saturated carbocycles. The van der Waals surface area contributed by atoms with Crippen molar-refractivity contribution in [2.45, 2.75) is 18.4 Å². The number of nitrogens with zero attached hydrogens (tertiary/aromatic N) is 3. The third-order valence-electron chi connectivity index (χ3n) is 1.29. The lowest BCUT2D eigenvalue weighted by molar-refractivity contribution is 0.0267. The SMILES string of the molecule is [N-]=[N+]=N[C@H]1OC[C@H](O)[C@@H]1O. The van der Waals surface area contributed by atoms with Crippen LogP contribution < -0.4 is 0 Å². The topological polar surface area (TPSA) is 98.5 Å². The Balaban J connectivity index is 2.56. The Bertz CT molecular complexity index is 167. The van der Waals surface area contributed by atoms with Gasteiger partial charge in [-0.3, -0.25) is 0 Å². The Kier molecular flexibility index (Phi) is 2.08. The summed E-state index contributed by atoms with van der Waals surface area (Å²) in [5.74, 6) is 0. The molecule has 0 aromatic carbocycles. The third kappa shape index (κ3) is 1.19. The van der Waals surface area contributed by atoms with Gasteiger partial charge in [-0.2, -0.15) is 0 Å². The molecule has 1 rings (SSSR count). The van der Waals surface area contributed by atoms with E-state index in [4.69, 9.17) is 20.5 Å². The number of ether oxygens (including phenoxy) is 1. The van der Waals surface area contributed by atoms with Crippen molar-refractivity contribution in [3.8, 4) is 0 Å². The van der Waals surface area contributed by atoms with Gasteiger partial charge in [-0.15, -0.1) is 0 Å². The van der Waals surface area contributed by atoms with Crippen molar-refractivity contribution in [1.82, 2.24) is 0 Å². The smallest absolute Gasteiger partial charge is 0.165 e. The zero-order valence-electron chi connectivity index (χ0n) is 5.08. The van der Waals surface area contributed by atoms with E-state index in [9.17, 15) is 0 Å². The average molecular weight is 145 g/mol. The van der Waals surface area contributed by atoms with Crippen LogP contribution in [-0.2, 0) is 4.74 Å². The van der Waals surface area contributed by atoms with E-state index in [-0.39, 0.29) is 6.61 Å². The molecule has 0 spiro atoms. The maximum absolute atomic E-state index is 8.95. The minimum Gasteiger partial charge on any atom is -0.388 e. The van der Waals surface area contributed by atoms with Crippen molar-refractivity contribution in [1.29, 1.82) is 0 Å². The molecular weight excluding hydrogens is 138 g/mol. The number of hydrogen-bond acceptors (Lipinski definition) is 4. The van der Waals surface area contributed by atoms with E-state index >= 15 is 0 Å². The highest BCUT2D eigenvalue weighted by Gasteiger charge is 2.33. The second kappa shape index (κ2) is 2.85. The Hall–Kier alpha value is -0.810. The summed E-state index contributed by atoms with van der Waals surface area (Å²) < 4.78 is 4.70. The highest BCUT2D eigenvalue weighted by molar-refractivity contribution is 4.81. The first-order chi connectivity index (χ1) is 4.75. The van der Waals surface area contributed by atoms with Gasteiger partial charge in [0.15, 0.2) is 6.23 Å². The predicted octanol–water partition coefficient (Wildman–Crippen LogP) is -0.625. The van der Waals surface area contributed by atoms with Crippen LogP contribution >= 0.6 is 0 Å². The van der Waals surface area contributed by atoms with Crippen molar-refractivity contribution >= 4 is 0 Å². The molecule has 0 bridgehead atoms. The molecule has 10 heavy (non-hydrogen) atoms. The molecule has 0 unspecified atom stereocenters. The molecule has 0 aliphatic carbocycles. The van der Waals surface area contributed by atoms with Gasteiger partial charge in [0.25, 0.3) is 0 Å². The molecule has 0 aromatic heterocycles. The molecule has 0 amide bonds. The number of aliphatic hydroxyl groups excluding tert-OH is 2. The van der Waals surface area contributed by atoms with Gasteiger partial charge in [0.2, 0.25) is 0 Å². The third-order valence-corrected chi connectivity index (χ3v) is 1.29. The number of hydrogen-bond donors (Lipinski definition) is 2. The molecular formula is C4H7N3O3. The van der Waals surface area contributed by atoms with Gasteiger partial charge in [0.1, 0.15) is 12.2 Å². The largest absolute Gasteiger partial charge is 0.388 e. The van der Waals surface area contributed by atoms with Crippen LogP contribution in [0.15, 0.2) is 5.11 Å². The number of aliphatic hydroxyl groups is 2. The summed E-state index contributed by atoms with van der Waals surface area (Å²) in [6, 6.07) is 0. The molecule has 2 N–H and O–H groups in total. The summed E-state index contributed by atoms with van der Waals surface area (Å²) >= 11 is 0. The van der Waals surface area contributed by atoms with Crippen LogP contribution in [0.3, 0.4) is 0 Å². The van der Waals surface area contributed by atoms with Crippen LogP contribution in [0.4, 0.5) is 0 Å². The fourth-order valence-electron chi connectivity index (χ4n) is 0.737. The van der Waals surface area contributed by atoms with E-state index < -0.39 is 18.4 Å². The molecule has 1 aliphatic heterocycles. The van der Waals surface area contributed by atoms with E-state index in [0.29, 0.717) is 0 Å². The fraction of sp³-hybridized carbons (Fsp3) is 1.00. The molecule has 0 radical (unpaired) electrons. The normalized spacial score (nSPS) is 39.2. The van der Waals surface area contributed by atoms with E-state index in [1.165, 1.54) is 0 Å². The molecule has 0 aromatic rings. The average Bonchev–Trinajstić information content (AvgIpc) is 2.20. The van der Waals surface area contributed by atoms with Crippen LogP contribution in [0.1, 0.15) is 0 Å². The van der Waals surface area contributed by atoms with Crippen LogP contribution in [0.5, 0.6) is 0 Å². The fourth-order valence-corrected chi connectivity index (χ4v) is 0.737. The minimum absolute atomic E-state index is 0.0187. The van der Waals surface area contributed by atoms with Crippen LogP contribution in [0, 0.1) is 0 Å². The molecule has 1 fully saturated rings. The quantitative estimate of drug-likeness (QED) is 0.292. The monoisotopic (exact) mass is 145 g/mol. The Morgan fingerprint density at radius 1 is 1.60 bits per heavy atom. The molecule has 6 nitrogen and oxygen atoms in total. The summed E-state index contributed by atoms with van der Waals surface area (Å²) in [5.41, 5.74) is 7.92. The second-order valence-electron chi connectivity index (χ2n) is 1.99. The maximum atomic E-state index is 8.95. The standard InChI is InChI=1S/C4H7N3O3/c5-7-6-4-3(9)2(8)1-10-4/h2-4,8-9H,1H2/t2-,3-,4-/m0/s1. The molecule has 1 saturated heterocycles. The van der Waals surface area contributed by atoms with Crippen molar-refractivity contribution in [3.63, 3.8) is 0 Å². The van der Waals surface area contributed by atoms with Crippen LogP contribution in [0.25, 0.3) is 10.4 Å². The Morgan fingerprint density at radius 2 is 2.30 bits per heavy atom. The number of azide groups is 1. The van der Waals surface area contributed by atoms with Crippen molar-refractivity contribution in [3.05, 3.63) is 10.4 Å². The van der Waals surface area contributed by atoms with Gasteiger partial charge in [0, 0.05) is 4.91 Å². The van der Waals surface area contributed by atoms with Crippen molar-refractivity contribution < 1.29 is 14.9 Å². The zero-order valence-corrected chi connectivity index (χ0v) is 5.08. The van der Waals surface area contributed by atoms with Gasteiger partial charge in [0.05, 0.1) is 6.61 Å². The maximum Gasteiger partial charge on any atom is 0.165 e. The van der Waals surface area contributed by atoms with Crippen molar-refractivity contribution in [2.24, 2.45) is 5.11 Å². The highest BCUT2D eigenvalue weighted by Crippen LogP contribution is 2.14. The van der Waals surface area contributed by atoms with Gasteiger partial charge < -0.3 is 14.9 Å². The van der Waals surface area contributed by atoms with Crippen LogP contribution in [0.2, 0.25) is 0 Å². The van der Waals surface area contributed by atoms with E-state index in [1.54, 1.807) is 0 Å². The summed E-state index contributed by atoms with van der Waals surface area (Å²) in [6.07, 6.45) is -2.95. The summed E-state index contributed by atoms with van der Waals surface area (Å²) in [6.45, 7) is 0.0187.